The molecule has 7 nitrogen and oxygen atoms in total. The second-order valence-electron chi connectivity index (χ2n) is 7.35. The van der Waals surface area contributed by atoms with Crippen LogP contribution in [0.25, 0.3) is 0 Å². The first-order valence-corrected chi connectivity index (χ1v) is 9.63. The number of carbonyl (C=O) groups is 2. The van der Waals surface area contributed by atoms with E-state index in [1.165, 1.54) is 0 Å². The molecule has 3 N–H and O–H groups in total. The predicted molar refractivity (Wildman–Crippen MR) is 110 cm³/mol. The van der Waals surface area contributed by atoms with Gasteiger partial charge in [0.25, 0.3) is 5.91 Å². The standard InChI is InChI=1S/C20H29N3O4.ClH/c1-26-14-20(8-10-21-11-9-20)19(25)23-16-4-2-15(3-5-16)18(24)22-17-6-12-27-13-7-17;/h2-5,17,21H,6-14H2,1H3,(H,22,24)(H,23,25);1H. The Hall–Kier alpha value is -1.67. The van der Waals surface area contributed by atoms with E-state index < -0.39 is 5.41 Å². The van der Waals surface area contributed by atoms with E-state index in [0.29, 0.717) is 31.1 Å². The maximum Gasteiger partial charge on any atom is 0.251 e. The number of nitrogens with one attached hydrogen (secondary N) is 3. The summed E-state index contributed by atoms with van der Waals surface area (Å²) in [6.07, 6.45) is 3.18. The van der Waals surface area contributed by atoms with E-state index in [2.05, 4.69) is 16.0 Å². The summed E-state index contributed by atoms with van der Waals surface area (Å²) < 4.78 is 10.6. The summed E-state index contributed by atoms with van der Waals surface area (Å²) in [4.78, 5) is 25.2. The summed E-state index contributed by atoms with van der Waals surface area (Å²) in [5.41, 5.74) is 0.781. The van der Waals surface area contributed by atoms with Crippen LogP contribution in [0.4, 0.5) is 5.69 Å². The molecular formula is C20H30ClN3O4. The lowest BCUT2D eigenvalue weighted by Gasteiger charge is -2.35. The first-order chi connectivity index (χ1) is 13.1. The summed E-state index contributed by atoms with van der Waals surface area (Å²) >= 11 is 0. The van der Waals surface area contributed by atoms with E-state index >= 15 is 0 Å². The highest BCUT2D eigenvalue weighted by Crippen LogP contribution is 2.31. The van der Waals surface area contributed by atoms with Crippen LogP contribution < -0.4 is 16.0 Å². The summed E-state index contributed by atoms with van der Waals surface area (Å²) in [6.45, 7) is 3.40. The highest BCUT2D eigenvalue weighted by molar-refractivity contribution is 5.97. The van der Waals surface area contributed by atoms with E-state index in [0.717, 1.165) is 38.8 Å². The molecule has 0 unspecified atom stereocenters. The van der Waals surface area contributed by atoms with Crippen molar-refractivity contribution in [3.05, 3.63) is 29.8 Å². The Morgan fingerprint density at radius 3 is 2.43 bits per heavy atom. The number of halogens is 1. The molecule has 0 aromatic heterocycles. The van der Waals surface area contributed by atoms with Crippen molar-refractivity contribution in [2.45, 2.75) is 31.7 Å². The zero-order valence-electron chi connectivity index (χ0n) is 16.3. The number of carbonyl (C=O) groups excluding carboxylic acids is 2. The van der Waals surface area contributed by atoms with Crippen LogP contribution in [-0.2, 0) is 14.3 Å². The van der Waals surface area contributed by atoms with Gasteiger partial charge in [0.1, 0.15) is 0 Å². The minimum Gasteiger partial charge on any atom is -0.384 e. The van der Waals surface area contributed by atoms with Gasteiger partial charge < -0.3 is 25.4 Å². The molecule has 156 valence electrons. The molecule has 0 atom stereocenters. The molecule has 8 heteroatoms. The smallest absolute Gasteiger partial charge is 0.251 e. The maximum absolute atomic E-state index is 12.9. The van der Waals surface area contributed by atoms with Crippen LogP contribution in [0.2, 0.25) is 0 Å². The average molecular weight is 412 g/mol. The Kier molecular flexibility index (Phi) is 8.69. The van der Waals surface area contributed by atoms with Gasteiger partial charge in [0, 0.05) is 37.6 Å². The molecule has 2 aliphatic rings. The number of piperidine rings is 1. The monoisotopic (exact) mass is 411 g/mol. The average Bonchev–Trinajstić information content (AvgIpc) is 2.70. The molecule has 0 saturated carbocycles. The number of rotatable bonds is 6. The number of anilines is 1. The third-order valence-electron chi connectivity index (χ3n) is 5.42. The summed E-state index contributed by atoms with van der Waals surface area (Å²) in [5.74, 6) is -0.112. The zero-order valence-corrected chi connectivity index (χ0v) is 17.1. The largest absolute Gasteiger partial charge is 0.384 e. The minimum atomic E-state index is -0.501. The van der Waals surface area contributed by atoms with E-state index in [9.17, 15) is 9.59 Å². The van der Waals surface area contributed by atoms with Crippen molar-refractivity contribution in [3.8, 4) is 0 Å². The van der Waals surface area contributed by atoms with Gasteiger partial charge in [0.15, 0.2) is 0 Å². The number of ether oxygens (including phenoxy) is 2. The molecule has 0 bridgehead atoms. The summed E-state index contributed by atoms with van der Waals surface area (Å²) in [7, 11) is 1.63. The number of hydrogen-bond acceptors (Lipinski definition) is 5. The van der Waals surface area contributed by atoms with Crippen LogP contribution in [0, 0.1) is 5.41 Å². The van der Waals surface area contributed by atoms with Crippen molar-refractivity contribution in [1.29, 1.82) is 0 Å². The van der Waals surface area contributed by atoms with Gasteiger partial charge in [-0.25, -0.2) is 0 Å². The second-order valence-corrected chi connectivity index (χ2v) is 7.35. The number of amides is 2. The third-order valence-corrected chi connectivity index (χ3v) is 5.42. The van der Waals surface area contributed by atoms with Gasteiger partial charge in [-0.15, -0.1) is 12.4 Å². The predicted octanol–water partition coefficient (Wildman–Crippen LogP) is 1.97. The fraction of sp³-hybridized carbons (Fsp3) is 0.600. The lowest BCUT2D eigenvalue weighted by atomic mass is 9.78. The molecule has 2 amide bonds. The van der Waals surface area contributed by atoms with Gasteiger partial charge in [0.05, 0.1) is 12.0 Å². The zero-order chi connectivity index (χ0) is 19.1. The second kappa shape index (κ2) is 10.8. The lowest BCUT2D eigenvalue weighted by molar-refractivity contribution is -0.130. The number of benzene rings is 1. The molecule has 2 saturated heterocycles. The van der Waals surface area contributed by atoms with Crippen molar-refractivity contribution < 1.29 is 19.1 Å². The first kappa shape index (κ1) is 22.6. The van der Waals surface area contributed by atoms with Crippen LogP contribution in [0.3, 0.4) is 0 Å². The topological polar surface area (TPSA) is 88.7 Å². The SMILES string of the molecule is COCC1(C(=O)Nc2ccc(C(=O)NC3CCOCC3)cc2)CCNCC1.Cl. The Bertz CT molecular complexity index is 636. The molecule has 0 spiro atoms. The molecular weight excluding hydrogens is 382 g/mol. The fourth-order valence-electron chi connectivity index (χ4n) is 3.70. The van der Waals surface area contributed by atoms with Gasteiger partial charge in [-0.1, -0.05) is 0 Å². The van der Waals surface area contributed by atoms with Gasteiger partial charge in [0.2, 0.25) is 5.91 Å². The van der Waals surface area contributed by atoms with Crippen LogP contribution in [-0.4, -0.2) is 57.9 Å². The van der Waals surface area contributed by atoms with Crippen molar-refractivity contribution in [2.75, 3.05) is 45.3 Å². The highest BCUT2D eigenvalue weighted by Gasteiger charge is 2.39. The van der Waals surface area contributed by atoms with Crippen molar-refractivity contribution in [1.82, 2.24) is 10.6 Å². The van der Waals surface area contributed by atoms with Crippen LogP contribution >= 0.6 is 12.4 Å². The van der Waals surface area contributed by atoms with Crippen molar-refractivity contribution >= 4 is 29.9 Å². The van der Waals surface area contributed by atoms with E-state index in [-0.39, 0.29) is 30.3 Å². The quantitative estimate of drug-likeness (QED) is 0.666. The molecule has 0 aliphatic carbocycles. The van der Waals surface area contributed by atoms with Gasteiger partial charge >= 0.3 is 0 Å². The fourth-order valence-corrected chi connectivity index (χ4v) is 3.70. The van der Waals surface area contributed by atoms with Crippen LogP contribution in [0.5, 0.6) is 0 Å². The van der Waals surface area contributed by atoms with Gasteiger partial charge in [-0.05, 0) is 63.0 Å². The van der Waals surface area contributed by atoms with Gasteiger partial charge in [-0.3, -0.25) is 9.59 Å². The van der Waals surface area contributed by atoms with E-state index in [4.69, 9.17) is 9.47 Å². The third kappa shape index (κ3) is 5.67. The Morgan fingerprint density at radius 2 is 1.82 bits per heavy atom. The number of hydrogen-bond donors (Lipinski definition) is 3. The molecule has 0 radical (unpaired) electrons. The summed E-state index contributed by atoms with van der Waals surface area (Å²) in [6, 6.07) is 7.21. The minimum absolute atomic E-state index is 0. The molecule has 2 aliphatic heterocycles. The Balaban J connectivity index is 0.00000280. The molecule has 1 aromatic carbocycles. The van der Waals surface area contributed by atoms with Crippen molar-refractivity contribution in [3.63, 3.8) is 0 Å². The van der Waals surface area contributed by atoms with Crippen LogP contribution in [0.1, 0.15) is 36.0 Å². The number of methoxy groups -OCH3 is 1. The summed E-state index contributed by atoms with van der Waals surface area (Å²) in [5, 5.41) is 9.31. The Labute approximate surface area is 172 Å². The molecule has 28 heavy (non-hydrogen) atoms. The van der Waals surface area contributed by atoms with Crippen LogP contribution in [0.15, 0.2) is 24.3 Å². The molecule has 2 fully saturated rings. The Morgan fingerprint density at radius 1 is 1.18 bits per heavy atom. The normalized spacial score (nSPS) is 19.3. The van der Waals surface area contributed by atoms with E-state index in [1.807, 2.05) is 0 Å². The van der Waals surface area contributed by atoms with Gasteiger partial charge in [-0.2, -0.15) is 0 Å². The lowest BCUT2D eigenvalue weighted by Crippen LogP contribution is -2.47. The highest BCUT2D eigenvalue weighted by atomic mass is 35.5. The first-order valence-electron chi connectivity index (χ1n) is 9.63. The molecule has 2 heterocycles. The van der Waals surface area contributed by atoms with Crippen molar-refractivity contribution in [2.24, 2.45) is 5.41 Å². The molecule has 3 rings (SSSR count). The maximum atomic E-state index is 12.9. The molecule has 1 aromatic rings. The van der Waals surface area contributed by atoms with E-state index in [1.54, 1.807) is 31.4 Å².